The van der Waals surface area contributed by atoms with E-state index in [1.807, 2.05) is 0 Å². The van der Waals surface area contributed by atoms with Crippen molar-refractivity contribution in [1.29, 1.82) is 0 Å². The maximum Gasteiger partial charge on any atom is 0.338 e. The van der Waals surface area contributed by atoms with Gasteiger partial charge in [-0.05, 0) is 109 Å². The highest BCUT2D eigenvalue weighted by Crippen LogP contribution is 2.42. The molecule has 108 heavy (non-hydrogen) atoms. The number of rotatable bonds is 32. The molecule has 0 radical (unpaired) electrons. The van der Waals surface area contributed by atoms with Gasteiger partial charge in [-0.2, -0.15) is 0 Å². The maximum atomic E-state index is 14.6. The first kappa shape index (κ1) is 76.0. The van der Waals surface area contributed by atoms with Gasteiger partial charge in [-0.3, -0.25) is 13.4 Å². The molecule has 0 amide bonds. The molecule has 4 fully saturated rings. The predicted octanol–water partition coefficient (Wildman–Crippen LogP) is 10.9. The number of esters is 7. The van der Waals surface area contributed by atoms with Crippen molar-refractivity contribution < 1.29 is 124 Å². The van der Waals surface area contributed by atoms with Crippen LogP contribution in [0.5, 0.6) is 11.5 Å². The van der Waals surface area contributed by atoms with Gasteiger partial charge in [0.25, 0.3) is 5.79 Å². The quantitative estimate of drug-likeness (QED) is 0.0215. The number of hydrogen-bond acceptors (Lipinski definition) is 26. The molecule has 4 heterocycles. The van der Waals surface area contributed by atoms with E-state index in [0.717, 1.165) is 0 Å². The number of hydrogen-bond donors (Lipinski definition) is 0. The first-order valence-electron chi connectivity index (χ1n) is 34.5. The molecule has 16 atom stereocenters. The minimum Gasteiger partial charge on any atom is -0.492 e. The van der Waals surface area contributed by atoms with Gasteiger partial charge in [-0.1, -0.05) is 127 Å². The second-order valence-electron chi connectivity index (χ2n) is 24.4. The Balaban J connectivity index is 0.907. The standard InChI is InChI=1S/C79H69Cl3O26/c1-47(83)79(68(64(108-82)60(107-79)46-95-81)106-75(90)54-35-21-8-22-36-54)94-45-59-63(102-71(86)50-27-13-4-14-28-50)66(104-73(88)52-31-17-6-18-32-52)77(98-59)92-43-57-61(100-69(84)48-23-9-2-10-24-48)65(103-72(87)51-29-15-5-16-30-51)76(97-57)93-44-58-62(101-70(85)49-25-11-3-12-26-49)67(105-74(89)53-33-19-7-20-34-53)78(99-58)96-56-39-37-55(38-40-56)91-42-41-80/h2-40,57-68,76-78H,41-46H2,1H3/t57-,58-,59-,60-,61-,62-,63-,64-,65+,66+,67+,68+,76+,77+,78+,79?/m1/s1/i1D. The number of ether oxygens (including phenoxy) is 16. The molecule has 0 saturated carbocycles. The van der Waals surface area contributed by atoms with E-state index < -0.39 is 179 Å². The first-order chi connectivity index (χ1) is 53.1. The van der Waals surface area contributed by atoms with Crippen LogP contribution in [0, 0.1) is 0 Å². The van der Waals surface area contributed by atoms with Crippen LogP contribution in [0.4, 0.5) is 0 Å². The molecule has 0 N–H and O–H groups in total. The summed E-state index contributed by atoms with van der Waals surface area (Å²) in [5, 5.41) is 0. The van der Waals surface area contributed by atoms with Crippen molar-refractivity contribution in [3.8, 4) is 11.5 Å². The lowest BCUT2D eigenvalue weighted by Crippen LogP contribution is -2.54. The summed E-state index contributed by atoms with van der Waals surface area (Å²) >= 11 is 17.7. The van der Waals surface area contributed by atoms with E-state index >= 15 is 0 Å². The first-order valence-corrected chi connectivity index (χ1v) is 34.9. The number of carbonyl (C=O) groups is 8. The molecule has 12 rings (SSSR count). The topological polar surface area (TPSA) is 303 Å². The molecule has 0 bridgehead atoms. The molecule has 1 unspecified atom stereocenters. The van der Waals surface area contributed by atoms with Crippen molar-refractivity contribution in [2.75, 3.05) is 38.9 Å². The third-order valence-electron chi connectivity index (χ3n) is 17.4. The monoisotopic (exact) mass is 1540 g/mol. The molecule has 8 aromatic rings. The van der Waals surface area contributed by atoms with Crippen LogP contribution in [0.2, 0.25) is 0 Å². The van der Waals surface area contributed by atoms with E-state index in [4.69, 9.17) is 121 Å². The molecular formula is C79H69Cl3O26. The third-order valence-corrected chi connectivity index (χ3v) is 17.9. The summed E-state index contributed by atoms with van der Waals surface area (Å²) < 4.78 is 120. The zero-order valence-corrected chi connectivity index (χ0v) is 59.1. The van der Waals surface area contributed by atoms with E-state index in [0.29, 0.717) is 5.75 Å². The Bertz CT molecular complexity index is 4340. The number of Topliss-reactive ketones (excluding diaryl/α,β-unsaturated/α-hetero) is 1. The summed E-state index contributed by atoms with van der Waals surface area (Å²) in [6.07, 6.45) is -25.4. The van der Waals surface area contributed by atoms with Crippen LogP contribution in [0.15, 0.2) is 237 Å². The Morgan fingerprint density at radius 2 is 0.685 bits per heavy atom. The van der Waals surface area contributed by atoms with Gasteiger partial charge in [0.15, 0.2) is 61.1 Å². The number of benzene rings is 8. The number of carbonyl (C=O) groups excluding carboxylic acids is 8. The average Bonchev–Trinajstić information content (AvgIpc) is 1.59. The highest BCUT2D eigenvalue weighted by molar-refractivity contribution is 6.18. The fourth-order valence-electron chi connectivity index (χ4n) is 12.1. The van der Waals surface area contributed by atoms with Gasteiger partial charge >= 0.3 is 41.8 Å². The Labute approximate surface area is 634 Å². The zero-order chi connectivity index (χ0) is 76.2. The fraction of sp³-hybridized carbons (Fsp3) is 0.291. The normalized spacial score (nSPS) is 25.7. The Kier molecular flexibility index (Phi) is 26.1. The lowest BCUT2D eigenvalue weighted by Gasteiger charge is -2.33. The molecule has 562 valence electrons. The van der Waals surface area contributed by atoms with Crippen LogP contribution in [-0.4, -0.2) is 184 Å². The maximum absolute atomic E-state index is 14.6. The van der Waals surface area contributed by atoms with Gasteiger partial charge in [0, 0.05) is 8.27 Å². The summed E-state index contributed by atoms with van der Waals surface area (Å²) in [5.41, 5.74) is 0.251. The summed E-state index contributed by atoms with van der Waals surface area (Å²) in [6.45, 7) is -3.83. The summed E-state index contributed by atoms with van der Waals surface area (Å²) in [7, 11) is 0. The van der Waals surface area contributed by atoms with Crippen molar-refractivity contribution in [2.45, 2.75) is 105 Å². The van der Waals surface area contributed by atoms with Crippen molar-refractivity contribution >= 4 is 82.9 Å². The van der Waals surface area contributed by atoms with Gasteiger partial charge in [0.05, 0.1) is 95.0 Å². The van der Waals surface area contributed by atoms with Gasteiger partial charge in [0.1, 0.15) is 42.5 Å². The lowest BCUT2D eigenvalue weighted by atomic mass is 10.0. The highest BCUT2D eigenvalue weighted by Gasteiger charge is 2.64. The second-order valence-corrected chi connectivity index (χ2v) is 25.2. The molecule has 29 heteroatoms. The SMILES string of the molecule is [2H]CC(=O)C1(OC[C@H]2O[C@H](OC[C@H]3O[C@H](OC[C@H]4O[C@H](Oc5ccc(OCCCl)cc5)[C@@H](OC(=O)c5ccccc5)[C@@H]4OC(=O)c4ccccc4)[C@@H](OC(=O)c4ccccc4)[C@@H]3OC(=O)c3ccccc3)[C@@H](OC(=O)c3ccccc3)[C@@H]2OC(=O)c2ccccc2)O[C@H](COCl)[C@@H](OCl)[C@@H]1OC(=O)c1ccccc1. The summed E-state index contributed by atoms with van der Waals surface area (Å²) in [6, 6.07) is 60.5. The van der Waals surface area contributed by atoms with Crippen molar-refractivity contribution in [3.05, 3.63) is 276 Å². The number of ketones is 1. The molecule has 0 aliphatic carbocycles. The van der Waals surface area contributed by atoms with E-state index in [1.165, 1.54) is 84.9 Å². The Hall–Kier alpha value is -10.2. The average molecular weight is 1540 g/mol. The molecule has 4 saturated heterocycles. The fourth-order valence-corrected chi connectivity index (χ4v) is 12.5. The number of alkyl halides is 1. The van der Waals surface area contributed by atoms with Crippen LogP contribution in [0.25, 0.3) is 0 Å². The van der Waals surface area contributed by atoms with Gasteiger partial charge in [-0.15, -0.1) is 11.6 Å². The highest BCUT2D eigenvalue weighted by atomic mass is 35.5. The van der Waals surface area contributed by atoms with E-state index in [2.05, 4.69) is 0 Å². The Morgan fingerprint density at radius 3 is 1.02 bits per heavy atom. The van der Waals surface area contributed by atoms with Gasteiger partial charge in [0.2, 0.25) is 12.4 Å². The molecule has 8 aromatic carbocycles. The Morgan fingerprint density at radius 1 is 0.370 bits per heavy atom. The van der Waals surface area contributed by atoms with Crippen molar-refractivity contribution in [3.63, 3.8) is 0 Å². The zero-order valence-electron chi connectivity index (χ0n) is 57.9. The largest absolute Gasteiger partial charge is 0.492 e. The van der Waals surface area contributed by atoms with Crippen LogP contribution in [0.3, 0.4) is 0 Å². The van der Waals surface area contributed by atoms with Crippen LogP contribution < -0.4 is 9.47 Å². The molecule has 4 aliphatic rings. The van der Waals surface area contributed by atoms with Crippen molar-refractivity contribution in [2.24, 2.45) is 0 Å². The minimum absolute atomic E-state index is 0.000210. The second kappa shape index (κ2) is 37.1. The van der Waals surface area contributed by atoms with E-state index in [1.54, 1.807) is 152 Å². The van der Waals surface area contributed by atoms with E-state index in [-0.39, 0.29) is 57.2 Å². The lowest BCUT2D eigenvalue weighted by molar-refractivity contribution is -0.260. The van der Waals surface area contributed by atoms with Gasteiger partial charge in [-0.25, -0.2) is 33.6 Å². The van der Waals surface area contributed by atoms with E-state index in [9.17, 15) is 38.4 Å². The van der Waals surface area contributed by atoms with Crippen molar-refractivity contribution in [1.82, 2.24) is 0 Å². The van der Waals surface area contributed by atoms with Crippen LogP contribution in [-0.2, 0) is 79.7 Å². The molecule has 0 aromatic heterocycles. The molecule has 4 aliphatic heterocycles. The molecule has 0 spiro atoms. The van der Waals surface area contributed by atoms with Gasteiger partial charge < -0.3 is 75.8 Å². The minimum atomic E-state index is -2.81. The summed E-state index contributed by atoms with van der Waals surface area (Å²) in [4.78, 5) is 115. The molecular weight excluding hydrogens is 1470 g/mol. The smallest absolute Gasteiger partial charge is 0.338 e. The number of halogens is 3. The summed E-state index contributed by atoms with van der Waals surface area (Å²) in [5.74, 6) is -9.83. The predicted molar refractivity (Wildman–Crippen MR) is 377 cm³/mol. The molecule has 26 nitrogen and oxygen atoms in total. The van der Waals surface area contributed by atoms with Crippen LogP contribution in [0.1, 0.15) is 80.8 Å². The van der Waals surface area contributed by atoms with Crippen LogP contribution >= 0.6 is 35.3 Å². The third kappa shape index (κ3) is 18.8.